The highest BCUT2D eigenvalue weighted by atomic mass is 19.4. The summed E-state index contributed by atoms with van der Waals surface area (Å²) in [4.78, 5) is 0. The van der Waals surface area contributed by atoms with E-state index in [1.807, 2.05) is 6.92 Å². The molecular weight excluding hydrogens is 299 g/mol. The van der Waals surface area contributed by atoms with Crippen LogP contribution in [0.5, 0.6) is 0 Å². The van der Waals surface area contributed by atoms with Crippen LogP contribution in [0.15, 0.2) is 0 Å². The van der Waals surface area contributed by atoms with Crippen LogP contribution >= 0.6 is 0 Å². The summed E-state index contributed by atoms with van der Waals surface area (Å²) < 4.78 is 71.2. The van der Waals surface area contributed by atoms with Crippen molar-refractivity contribution in [3.05, 3.63) is 0 Å². The van der Waals surface area contributed by atoms with E-state index in [4.69, 9.17) is 0 Å². The first-order chi connectivity index (χ1) is 9.38. The molecule has 0 aromatic carbocycles. The fraction of sp³-hybridized carbons (Fsp3) is 1.00. The Balaban J connectivity index is 2.05. The van der Waals surface area contributed by atoms with Crippen molar-refractivity contribution < 1.29 is 36.9 Å². The summed E-state index contributed by atoms with van der Waals surface area (Å²) in [6.45, 7) is 3.67. The van der Waals surface area contributed by atoms with E-state index >= 15 is 0 Å². The Labute approximate surface area is 118 Å². The van der Waals surface area contributed by atoms with Gasteiger partial charge in [0.2, 0.25) is 0 Å². The van der Waals surface area contributed by atoms with Crippen LogP contribution in [0, 0.1) is 23.7 Å². The Morgan fingerprint density at radius 2 is 1.71 bits per heavy atom. The molecule has 2 bridgehead atoms. The molecule has 2 N–H and O–H groups in total. The maximum absolute atomic E-state index is 14.0. The average Bonchev–Trinajstić information content (AvgIpc) is 2.89. The number of halogens is 5. The molecule has 1 saturated heterocycles. The maximum Gasteiger partial charge on any atom is 0.449 e. The number of hydrogen-bond donors (Lipinski definition) is 2. The summed E-state index contributed by atoms with van der Waals surface area (Å²) in [6.07, 6.45) is -8.00. The summed E-state index contributed by atoms with van der Waals surface area (Å²) in [7, 11) is 0. The predicted molar refractivity (Wildman–Crippen MR) is 60.3 cm³/mol. The van der Waals surface area contributed by atoms with Crippen molar-refractivity contribution >= 4 is 0 Å². The largest absolute Gasteiger partial charge is 0.449 e. The maximum atomic E-state index is 14.0. The zero-order valence-corrected chi connectivity index (χ0v) is 11.5. The van der Waals surface area contributed by atoms with Gasteiger partial charge in [0.15, 0.2) is 6.10 Å². The van der Waals surface area contributed by atoms with Gasteiger partial charge in [0.05, 0.1) is 0 Å². The van der Waals surface area contributed by atoms with Crippen molar-refractivity contribution in [2.75, 3.05) is 0 Å². The van der Waals surface area contributed by atoms with E-state index < -0.39 is 35.5 Å². The summed E-state index contributed by atoms with van der Waals surface area (Å²) in [5, 5.41) is 19.4. The summed E-state index contributed by atoms with van der Waals surface area (Å²) in [5.74, 6) is -10.1. The van der Waals surface area contributed by atoms with Gasteiger partial charge >= 0.3 is 17.9 Å². The van der Waals surface area contributed by atoms with Gasteiger partial charge in [0.1, 0.15) is 5.60 Å². The summed E-state index contributed by atoms with van der Waals surface area (Å²) >= 11 is 0. The molecule has 7 atom stereocenters. The smallest absolute Gasteiger partial charge is 0.384 e. The number of ether oxygens (including phenoxy) is 1. The molecule has 3 rings (SSSR count). The van der Waals surface area contributed by atoms with Gasteiger partial charge in [-0.15, -0.1) is 0 Å². The highest BCUT2D eigenvalue weighted by Crippen LogP contribution is 2.67. The molecule has 3 nitrogen and oxygen atoms in total. The summed E-state index contributed by atoms with van der Waals surface area (Å²) in [5.41, 5.74) is -2.02. The van der Waals surface area contributed by atoms with Crippen molar-refractivity contribution in [1.82, 2.24) is 0 Å². The predicted octanol–water partition coefficient (Wildman–Crippen LogP) is 2.31. The lowest BCUT2D eigenvalue weighted by Crippen LogP contribution is -2.59. The highest BCUT2D eigenvalue weighted by Gasteiger charge is 2.85. The minimum atomic E-state index is -5.68. The Hall–Kier alpha value is -0.470. The van der Waals surface area contributed by atoms with Crippen LogP contribution < -0.4 is 0 Å². The van der Waals surface area contributed by atoms with E-state index in [1.54, 1.807) is 6.92 Å². The lowest BCUT2D eigenvalue weighted by atomic mass is 9.70. The van der Waals surface area contributed by atoms with Gasteiger partial charge in [-0.3, -0.25) is 0 Å². The monoisotopic (exact) mass is 316 g/mol. The number of rotatable bonds is 0. The molecule has 122 valence electrons. The lowest BCUT2D eigenvalue weighted by molar-refractivity contribution is -0.417. The van der Waals surface area contributed by atoms with Crippen LogP contribution in [-0.2, 0) is 4.74 Å². The number of aliphatic hydroxyl groups is 2. The second-order valence-corrected chi connectivity index (χ2v) is 6.75. The molecule has 8 heteroatoms. The molecule has 0 aromatic rings. The minimum Gasteiger partial charge on any atom is -0.384 e. The molecule has 1 aliphatic heterocycles. The second-order valence-electron chi connectivity index (χ2n) is 6.75. The van der Waals surface area contributed by atoms with Gasteiger partial charge in [-0.1, -0.05) is 13.8 Å². The van der Waals surface area contributed by atoms with Gasteiger partial charge < -0.3 is 14.9 Å². The van der Waals surface area contributed by atoms with Gasteiger partial charge in [-0.05, 0) is 36.5 Å². The lowest BCUT2D eigenvalue weighted by Gasteiger charge is -2.41. The Bertz CT molecular complexity index is 465. The Morgan fingerprint density at radius 3 is 2.10 bits per heavy atom. The fourth-order valence-electron chi connectivity index (χ4n) is 4.60. The molecule has 0 radical (unpaired) electrons. The SMILES string of the molecule is CC1C2CC(C1C)C1(C2)OC(O)(C(F)(F)F)C(F)(F)C1O. The number of hydrogen-bond acceptors (Lipinski definition) is 3. The number of fused-ring (bicyclic) bond motifs is 3. The van der Waals surface area contributed by atoms with Gasteiger partial charge in [-0.25, -0.2) is 0 Å². The minimum absolute atomic E-state index is 0.0777. The first-order valence-electron chi connectivity index (χ1n) is 6.93. The number of alkyl halides is 5. The molecule has 3 fully saturated rings. The Morgan fingerprint density at radius 1 is 1.14 bits per heavy atom. The third-order valence-corrected chi connectivity index (χ3v) is 5.95. The molecule has 0 amide bonds. The van der Waals surface area contributed by atoms with Crippen LogP contribution in [0.25, 0.3) is 0 Å². The second kappa shape index (κ2) is 3.89. The van der Waals surface area contributed by atoms with Crippen molar-refractivity contribution in [3.8, 4) is 0 Å². The van der Waals surface area contributed by atoms with E-state index in [0.717, 1.165) is 0 Å². The van der Waals surface area contributed by atoms with E-state index in [2.05, 4.69) is 4.74 Å². The Kier molecular flexibility index (Phi) is 2.86. The highest BCUT2D eigenvalue weighted by molar-refractivity contribution is 5.20. The topological polar surface area (TPSA) is 49.7 Å². The third-order valence-electron chi connectivity index (χ3n) is 5.95. The van der Waals surface area contributed by atoms with Crippen LogP contribution in [0.1, 0.15) is 26.7 Å². The molecular formula is C13H17F5O3. The van der Waals surface area contributed by atoms with Crippen LogP contribution in [0.4, 0.5) is 22.0 Å². The van der Waals surface area contributed by atoms with Crippen molar-refractivity contribution in [2.45, 2.75) is 56.3 Å². The normalized spacial score (nSPS) is 55.6. The van der Waals surface area contributed by atoms with Gasteiger partial charge in [0.25, 0.3) is 0 Å². The van der Waals surface area contributed by atoms with Crippen LogP contribution in [0.2, 0.25) is 0 Å². The average molecular weight is 316 g/mol. The molecule has 3 aliphatic rings. The number of aliphatic hydroxyl groups excluding tert-OH is 1. The summed E-state index contributed by atoms with van der Waals surface area (Å²) in [6, 6.07) is 0. The molecule has 1 spiro atoms. The zero-order valence-electron chi connectivity index (χ0n) is 11.5. The van der Waals surface area contributed by atoms with Crippen molar-refractivity contribution in [3.63, 3.8) is 0 Å². The fourth-order valence-corrected chi connectivity index (χ4v) is 4.60. The molecule has 21 heavy (non-hydrogen) atoms. The molecule has 2 aliphatic carbocycles. The molecule has 7 unspecified atom stereocenters. The quantitative estimate of drug-likeness (QED) is 0.674. The van der Waals surface area contributed by atoms with Gasteiger partial charge in [-0.2, -0.15) is 22.0 Å². The standard InChI is InChI=1S/C13H17F5O3/c1-5-6(2)8-3-7(5)4-10(8)9(19)11(14,15)12(20,21-10)13(16,17)18/h5-9,19-20H,3-4H2,1-2H3. The first-order valence-corrected chi connectivity index (χ1v) is 6.93. The molecule has 1 heterocycles. The zero-order chi connectivity index (χ0) is 16.0. The van der Waals surface area contributed by atoms with E-state index in [1.165, 1.54) is 0 Å². The molecule has 2 saturated carbocycles. The van der Waals surface area contributed by atoms with Crippen molar-refractivity contribution in [2.24, 2.45) is 23.7 Å². The first kappa shape index (κ1) is 15.4. The molecule has 0 aromatic heterocycles. The third kappa shape index (κ3) is 1.53. The van der Waals surface area contributed by atoms with Crippen LogP contribution in [-0.4, -0.2) is 39.8 Å². The van der Waals surface area contributed by atoms with Gasteiger partial charge in [0, 0.05) is 0 Å². The van der Waals surface area contributed by atoms with E-state index in [0.29, 0.717) is 6.42 Å². The van der Waals surface area contributed by atoms with Crippen LogP contribution in [0.3, 0.4) is 0 Å². The van der Waals surface area contributed by atoms with E-state index in [9.17, 15) is 32.2 Å². The van der Waals surface area contributed by atoms with Crippen molar-refractivity contribution in [1.29, 1.82) is 0 Å². The van der Waals surface area contributed by atoms with E-state index in [-0.39, 0.29) is 24.2 Å².